The van der Waals surface area contributed by atoms with Gasteiger partial charge in [0.25, 0.3) is 0 Å². The Bertz CT molecular complexity index is 468. The van der Waals surface area contributed by atoms with E-state index >= 15 is 0 Å². The molecule has 1 aromatic carbocycles. The van der Waals surface area contributed by atoms with Crippen LogP contribution in [0, 0.1) is 5.92 Å². The van der Waals surface area contributed by atoms with Crippen LogP contribution in [0.25, 0.3) is 10.9 Å². The van der Waals surface area contributed by atoms with E-state index < -0.39 is 0 Å². The molecule has 0 aliphatic heterocycles. The minimum absolute atomic E-state index is 0.983. The molecule has 84 valence electrons. The first-order valence-electron chi connectivity index (χ1n) is 6.19. The molecule has 1 aromatic heterocycles. The van der Waals surface area contributed by atoms with Crippen LogP contribution in [0.1, 0.15) is 24.8 Å². The molecule has 16 heavy (non-hydrogen) atoms. The zero-order valence-electron chi connectivity index (χ0n) is 9.50. The Morgan fingerprint density at radius 1 is 1.25 bits per heavy atom. The standard InChI is InChI=1S/C14H18N2/c1-2-4-14-13(3-1)12(10-16-14)9-15-8-7-11-5-6-11/h1-4,10-11,15-16H,5-9H2. The molecule has 2 nitrogen and oxygen atoms in total. The molecule has 0 radical (unpaired) electrons. The fourth-order valence-electron chi connectivity index (χ4n) is 2.21. The molecule has 0 unspecified atom stereocenters. The Kier molecular flexibility index (Phi) is 2.66. The number of benzene rings is 1. The van der Waals surface area contributed by atoms with E-state index in [1.165, 1.54) is 35.7 Å². The van der Waals surface area contributed by atoms with Gasteiger partial charge in [0.1, 0.15) is 0 Å². The summed E-state index contributed by atoms with van der Waals surface area (Å²) in [6.45, 7) is 2.14. The first kappa shape index (κ1) is 9.91. The maximum Gasteiger partial charge on any atom is 0.0457 e. The Hall–Kier alpha value is -1.28. The van der Waals surface area contributed by atoms with Gasteiger partial charge in [-0.1, -0.05) is 31.0 Å². The summed E-state index contributed by atoms with van der Waals surface area (Å²) in [5.41, 5.74) is 2.62. The van der Waals surface area contributed by atoms with Gasteiger partial charge in [0.05, 0.1) is 0 Å². The molecule has 0 spiro atoms. The van der Waals surface area contributed by atoms with E-state index in [4.69, 9.17) is 0 Å². The van der Waals surface area contributed by atoms with Crippen molar-refractivity contribution in [2.45, 2.75) is 25.8 Å². The summed E-state index contributed by atoms with van der Waals surface area (Å²) in [5, 5.41) is 4.88. The van der Waals surface area contributed by atoms with Crippen molar-refractivity contribution < 1.29 is 0 Å². The van der Waals surface area contributed by atoms with Gasteiger partial charge in [-0.2, -0.15) is 0 Å². The molecule has 2 N–H and O–H groups in total. The average Bonchev–Trinajstić information content (AvgIpc) is 3.05. The second-order valence-corrected chi connectivity index (χ2v) is 4.77. The third-order valence-corrected chi connectivity index (χ3v) is 3.42. The highest BCUT2D eigenvalue weighted by atomic mass is 14.9. The average molecular weight is 214 g/mol. The van der Waals surface area contributed by atoms with Crippen LogP contribution in [0.15, 0.2) is 30.5 Å². The van der Waals surface area contributed by atoms with Gasteiger partial charge in [-0.25, -0.2) is 0 Å². The van der Waals surface area contributed by atoms with Gasteiger partial charge in [-0.05, 0) is 30.5 Å². The lowest BCUT2D eigenvalue weighted by Gasteiger charge is -2.02. The number of aromatic nitrogens is 1. The van der Waals surface area contributed by atoms with E-state index in [0.29, 0.717) is 0 Å². The van der Waals surface area contributed by atoms with Gasteiger partial charge >= 0.3 is 0 Å². The van der Waals surface area contributed by atoms with Crippen LogP contribution in [-0.4, -0.2) is 11.5 Å². The maximum atomic E-state index is 3.53. The molecule has 2 heteroatoms. The fraction of sp³-hybridized carbons (Fsp3) is 0.429. The number of hydrogen-bond acceptors (Lipinski definition) is 1. The van der Waals surface area contributed by atoms with Gasteiger partial charge in [-0.3, -0.25) is 0 Å². The van der Waals surface area contributed by atoms with Crippen LogP contribution in [-0.2, 0) is 6.54 Å². The van der Waals surface area contributed by atoms with Crippen LogP contribution < -0.4 is 5.32 Å². The summed E-state index contributed by atoms with van der Waals surface area (Å²) >= 11 is 0. The summed E-state index contributed by atoms with van der Waals surface area (Å²) in [6.07, 6.45) is 6.38. The van der Waals surface area contributed by atoms with E-state index in [2.05, 4.69) is 40.8 Å². The lowest BCUT2D eigenvalue weighted by molar-refractivity contribution is 0.614. The molecule has 0 saturated heterocycles. The fourth-order valence-corrected chi connectivity index (χ4v) is 2.21. The second kappa shape index (κ2) is 4.30. The Morgan fingerprint density at radius 2 is 2.12 bits per heavy atom. The number of hydrogen-bond donors (Lipinski definition) is 2. The van der Waals surface area contributed by atoms with E-state index in [1.807, 2.05) is 0 Å². The quantitative estimate of drug-likeness (QED) is 0.736. The number of para-hydroxylation sites is 1. The van der Waals surface area contributed by atoms with Crippen molar-refractivity contribution in [2.24, 2.45) is 5.92 Å². The zero-order valence-corrected chi connectivity index (χ0v) is 9.50. The highest BCUT2D eigenvalue weighted by Gasteiger charge is 2.19. The number of fused-ring (bicyclic) bond motifs is 1. The lowest BCUT2D eigenvalue weighted by Crippen LogP contribution is -2.14. The molecule has 0 amide bonds. The van der Waals surface area contributed by atoms with Gasteiger partial charge in [-0.15, -0.1) is 0 Å². The van der Waals surface area contributed by atoms with Crippen molar-refractivity contribution in [3.8, 4) is 0 Å². The number of rotatable bonds is 5. The SMILES string of the molecule is c1ccc2c(CNCCC3CC3)c[nH]c2c1. The maximum absolute atomic E-state index is 3.53. The number of nitrogens with one attached hydrogen (secondary N) is 2. The molecule has 0 bridgehead atoms. The molecule has 1 saturated carbocycles. The van der Waals surface area contributed by atoms with Crippen molar-refractivity contribution >= 4 is 10.9 Å². The molecular weight excluding hydrogens is 196 g/mol. The molecular formula is C14H18N2. The Morgan fingerprint density at radius 3 is 3.00 bits per heavy atom. The van der Waals surface area contributed by atoms with Gasteiger partial charge in [0, 0.05) is 23.6 Å². The second-order valence-electron chi connectivity index (χ2n) is 4.77. The van der Waals surface area contributed by atoms with Crippen molar-refractivity contribution in [1.82, 2.24) is 10.3 Å². The number of H-pyrrole nitrogens is 1. The molecule has 1 aliphatic rings. The van der Waals surface area contributed by atoms with Crippen LogP contribution in [0.2, 0.25) is 0 Å². The molecule has 2 aromatic rings. The first-order chi connectivity index (χ1) is 7.93. The number of aromatic amines is 1. The minimum atomic E-state index is 0.983. The van der Waals surface area contributed by atoms with E-state index in [1.54, 1.807) is 0 Å². The predicted molar refractivity (Wildman–Crippen MR) is 67.3 cm³/mol. The Balaban J connectivity index is 1.60. The highest BCUT2D eigenvalue weighted by Crippen LogP contribution is 2.31. The van der Waals surface area contributed by atoms with Crippen LogP contribution >= 0.6 is 0 Å². The topological polar surface area (TPSA) is 27.8 Å². The van der Waals surface area contributed by atoms with Crippen LogP contribution in [0.4, 0.5) is 0 Å². The summed E-state index contributed by atoms with van der Waals surface area (Å²) in [7, 11) is 0. The van der Waals surface area contributed by atoms with Gasteiger partial charge < -0.3 is 10.3 Å². The minimum Gasteiger partial charge on any atom is -0.361 e. The third-order valence-electron chi connectivity index (χ3n) is 3.42. The van der Waals surface area contributed by atoms with Crippen molar-refractivity contribution in [1.29, 1.82) is 0 Å². The molecule has 3 rings (SSSR count). The monoisotopic (exact) mass is 214 g/mol. The van der Waals surface area contributed by atoms with Gasteiger partial charge in [0.15, 0.2) is 0 Å². The van der Waals surface area contributed by atoms with Gasteiger partial charge in [0.2, 0.25) is 0 Å². The zero-order chi connectivity index (χ0) is 10.8. The molecule has 1 aliphatic carbocycles. The first-order valence-corrected chi connectivity index (χ1v) is 6.19. The van der Waals surface area contributed by atoms with E-state index in [0.717, 1.165) is 19.0 Å². The normalized spacial score (nSPS) is 15.8. The third kappa shape index (κ3) is 2.12. The molecule has 1 heterocycles. The van der Waals surface area contributed by atoms with Crippen molar-refractivity contribution in [3.05, 3.63) is 36.0 Å². The summed E-state index contributed by atoms with van der Waals surface area (Å²) in [5.74, 6) is 1.02. The van der Waals surface area contributed by atoms with Crippen molar-refractivity contribution in [3.63, 3.8) is 0 Å². The molecule has 0 atom stereocenters. The predicted octanol–water partition coefficient (Wildman–Crippen LogP) is 3.06. The summed E-state index contributed by atoms with van der Waals surface area (Å²) < 4.78 is 0. The van der Waals surface area contributed by atoms with Crippen LogP contribution in [0.5, 0.6) is 0 Å². The Labute approximate surface area is 96.1 Å². The highest BCUT2D eigenvalue weighted by molar-refractivity contribution is 5.82. The van der Waals surface area contributed by atoms with E-state index in [9.17, 15) is 0 Å². The van der Waals surface area contributed by atoms with Crippen LogP contribution in [0.3, 0.4) is 0 Å². The lowest BCUT2D eigenvalue weighted by atomic mass is 10.2. The largest absolute Gasteiger partial charge is 0.361 e. The summed E-state index contributed by atoms with van der Waals surface area (Å²) in [6, 6.07) is 8.49. The summed E-state index contributed by atoms with van der Waals surface area (Å²) in [4.78, 5) is 3.31. The molecule has 1 fully saturated rings. The smallest absolute Gasteiger partial charge is 0.0457 e. The van der Waals surface area contributed by atoms with Crippen molar-refractivity contribution in [2.75, 3.05) is 6.54 Å². The van der Waals surface area contributed by atoms with E-state index in [-0.39, 0.29) is 0 Å².